The Balaban J connectivity index is 2.02. The lowest BCUT2D eigenvalue weighted by molar-refractivity contribution is 0.216. The number of likely N-dealkylation sites (tertiary alicyclic amines) is 1. The molecule has 1 aromatic heterocycles. The molecule has 1 saturated heterocycles. The van der Waals surface area contributed by atoms with Gasteiger partial charge in [-0.05, 0) is 32.9 Å². The smallest absolute Gasteiger partial charge is 0.200 e. The Morgan fingerprint density at radius 2 is 2.07 bits per heavy atom. The molecule has 1 aromatic rings. The third kappa shape index (κ3) is 2.31. The van der Waals surface area contributed by atoms with E-state index in [9.17, 15) is 0 Å². The molecule has 1 aliphatic heterocycles. The van der Waals surface area contributed by atoms with Crippen molar-refractivity contribution in [2.24, 2.45) is 0 Å². The maximum absolute atomic E-state index is 5.79. The van der Waals surface area contributed by atoms with Crippen LogP contribution in [0.5, 0.6) is 0 Å². The van der Waals surface area contributed by atoms with Gasteiger partial charge in [-0.25, -0.2) is 4.98 Å². The van der Waals surface area contributed by atoms with Crippen molar-refractivity contribution < 1.29 is 0 Å². The monoisotopic (exact) mass is 208 g/mol. The van der Waals surface area contributed by atoms with E-state index >= 15 is 0 Å². The van der Waals surface area contributed by atoms with Crippen molar-refractivity contribution in [3.8, 4) is 0 Å². The summed E-state index contributed by atoms with van der Waals surface area (Å²) < 4.78 is 2.09. The topological polar surface area (TPSA) is 47.1 Å². The van der Waals surface area contributed by atoms with Crippen molar-refractivity contribution in [3.63, 3.8) is 0 Å². The van der Waals surface area contributed by atoms with Gasteiger partial charge in [0.2, 0.25) is 0 Å². The quantitative estimate of drug-likeness (QED) is 0.818. The van der Waals surface area contributed by atoms with E-state index in [1.165, 1.54) is 38.0 Å². The molecule has 0 atom stereocenters. The second kappa shape index (κ2) is 4.66. The minimum atomic E-state index is 0.643. The highest BCUT2D eigenvalue weighted by Crippen LogP contribution is 2.14. The Hall–Kier alpha value is -1.03. The summed E-state index contributed by atoms with van der Waals surface area (Å²) in [6, 6.07) is 0. The predicted molar refractivity (Wildman–Crippen MR) is 61.4 cm³/mol. The summed E-state index contributed by atoms with van der Waals surface area (Å²) in [6.45, 7) is 6.45. The van der Waals surface area contributed by atoms with Crippen LogP contribution in [0.25, 0.3) is 0 Å². The fourth-order valence-corrected chi connectivity index (χ4v) is 2.27. The summed E-state index contributed by atoms with van der Waals surface area (Å²) in [6.07, 6.45) is 5.95. The van der Waals surface area contributed by atoms with Gasteiger partial charge in [0.05, 0.1) is 11.9 Å². The maximum atomic E-state index is 5.79. The number of anilines is 1. The van der Waals surface area contributed by atoms with Gasteiger partial charge in [-0.1, -0.05) is 6.42 Å². The second-order valence-corrected chi connectivity index (χ2v) is 4.19. The van der Waals surface area contributed by atoms with Crippen LogP contribution < -0.4 is 5.73 Å². The second-order valence-electron chi connectivity index (χ2n) is 4.19. The first-order valence-corrected chi connectivity index (χ1v) is 5.83. The first kappa shape index (κ1) is 10.5. The van der Waals surface area contributed by atoms with Gasteiger partial charge < -0.3 is 10.3 Å². The van der Waals surface area contributed by atoms with E-state index in [0.29, 0.717) is 5.95 Å². The molecule has 0 bridgehead atoms. The van der Waals surface area contributed by atoms with Crippen molar-refractivity contribution in [3.05, 3.63) is 11.9 Å². The number of nitrogens with two attached hydrogens (primary N) is 1. The Bertz CT molecular complexity index is 312. The van der Waals surface area contributed by atoms with Gasteiger partial charge in [-0.3, -0.25) is 4.90 Å². The van der Waals surface area contributed by atoms with Crippen molar-refractivity contribution in [1.29, 1.82) is 0 Å². The zero-order valence-electron chi connectivity index (χ0n) is 9.45. The molecule has 1 fully saturated rings. The molecular weight excluding hydrogens is 188 g/mol. The Kier molecular flexibility index (Phi) is 3.26. The number of nitrogen functional groups attached to an aromatic ring is 1. The number of hydrogen-bond donors (Lipinski definition) is 1. The fourth-order valence-electron chi connectivity index (χ4n) is 2.27. The predicted octanol–water partition coefficient (Wildman–Crippen LogP) is 1.47. The molecule has 1 aliphatic rings. The molecule has 0 radical (unpaired) electrons. The summed E-state index contributed by atoms with van der Waals surface area (Å²) in [5, 5.41) is 0. The van der Waals surface area contributed by atoms with E-state index in [0.717, 1.165) is 13.1 Å². The molecule has 0 amide bonds. The van der Waals surface area contributed by atoms with Crippen LogP contribution in [0.2, 0.25) is 0 Å². The lowest BCUT2D eigenvalue weighted by Crippen LogP contribution is -2.30. The van der Waals surface area contributed by atoms with Gasteiger partial charge in [0.1, 0.15) is 0 Å². The van der Waals surface area contributed by atoms with Crippen LogP contribution >= 0.6 is 0 Å². The average Bonchev–Trinajstić information content (AvgIpc) is 2.61. The molecule has 0 unspecified atom stereocenters. The van der Waals surface area contributed by atoms with Crippen LogP contribution in [0.3, 0.4) is 0 Å². The molecular formula is C11H20N4. The van der Waals surface area contributed by atoms with E-state index in [4.69, 9.17) is 5.73 Å². The van der Waals surface area contributed by atoms with Crippen LogP contribution in [0, 0.1) is 0 Å². The molecule has 84 valence electrons. The summed E-state index contributed by atoms with van der Waals surface area (Å²) in [5.74, 6) is 0.643. The van der Waals surface area contributed by atoms with Crippen LogP contribution in [-0.2, 0) is 13.1 Å². The van der Waals surface area contributed by atoms with Crippen molar-refractivity contribution >= 4 is 5.95 Å². The number of rotatable bonds is 3. The highest BCUT2D eigenvalue weighted by Gasteiger charge is 2.13. The van der Waals surface area contributed by atoms with E-state index in [-0.39, 0.29) is 0 Å². The largest absolute Gasteiger partial charge is 0.369 e. The summed E-state index contributed by atoms with van der Waals surface area (Å²) in [7, 11) is 0. The molecule has 0 aromatic carbocycles. The molecule has 4 heteroatoms. The standard InChI is InChI=1S/C11H20N4/c1-2-15-10(8-13-11(15)12)9-14-6-4-3-5-7-14/h8H,2-7,9H2,1H3,(H2,12,13). The fraction of sp³-hybridized carbons (Fsp3) is 0.727. The Labute approximate surface area is 91.1 Å². The van der Waals surface area contributed by atoms with Crippen molar-refractivity contribution in [2.75, 3.05) is 18.8 Å². The Morgan fingerprint density at radius 3 is 2.73 bits per heavy atom. The normalized spacial score (nSPS) is 18.2. The minimum Gasteiger partial charge on any atom is -0.369 e. The first-order valence-electron chi connectivity index (χ1n) is 5.83. The summed E-state index contributed by atoms with van der Waals surface area (Å²) >= 11 is 0. The van der Waals surface area contributed by atoms with Gasteiger partial charge in [0, 0.05) is 13.1 Å². The van der Waals surface area contributed by atoms with Crippen molar-refractivity contribution in [1.82, 2.24) is 14.5 Å². The molecule has 0 saturated carbocycles. The molecule has 0 spiro atoms. The van der Waals surface area contributed by atoms with Gasteiger partial charge in [-0.2, -0.15) is 0 Å². The highest BCUT2D eigenvalue weighted by atomic mass is 15.2. The van der Waals surface area contributed by atoms with Crippen LogP contribution in [0.15, 0.2) is 6.20 Å². The third-order valence-electron chi connectivity index (χ3n) is 3.12. The van der Waals surface area contributed by atoms with Crippen LogP contribution in [0.1, 0.15) is 31.9 Å². The summed E-state index contributed by atoms with van der Waals surface area (Å²) in [4.78, 5) is 6.66. The van der Waals surface area contributed by atoms with Crippen LogP contribution in [0.4, 0.5) is 5.95 Å². The average molecular weight is 208 g/mol. The molecule has 2 N–H and O–H groups in total. The van der Waals surface area contributed by atoms with E-state index < -0.39 is 0 Å². The molecule has 2 heterocycles. The van der Waals surface area contributed by atoms with E-state index in [1.807, 2.05) is 6.20 Å². The highest BCUT2D eigenvalue weighted by molar-refractivity contribution is 5.22. The van der Waals surface area contributed by atoms with Crippen molar-refractivity contribution in [2.45, 2.75) is 39.3 Å². The maximum Gasteiger partial charge on any atom is 0.200 e. The lowest BCUT2D eigenvalue weighted by Gasteiger charge is -2.26. The number of aromatic nitrogens is 2. The molecule has 15 heavy (non-hydrogen) atoms. The minimum absolute atomic E-state index is 0.643. The SMILES string of the molecule is CCn1c(CN2CCCCC2)cnc1N. The molecule has 0 aliphatic carbocycles. The van der Waals surface area contributed by atoms with Crippen LogP contribution in [-0.4, -0.2) is 27.5 Å². The number of nitrogens with zero attached hydrogens (tertiary/aromatic N) is 3. The lowest BCUT2D eigenvalue weighted by atomic mass is 10.1. The molecule has 4 nitrogen and oxygen atoms in total. The van der Waals surface area contributed by atoms with Gasteiger partial charge >= 0.3 is 0 Å². The van der Waals surface area contributed by atoms with E-state index in [1.54, 1.807) is 0 Å². The third-order valence-corrected chi connectivity index (χ3v) is 3.12. The van der Waals surface area contributed by atoms with E-state index in [2.05, 4.69) is 21.4 Å². The summed E-state index contributed by atoms with van der Waals surface area (Å²) in [5.41, 5.74) is 7.04. The van der Waals surface area contributed by atoms with Gasteiger partial charge in [0.15, 0.2) is 5.95 Å². The van der Waals surface area contributed by atoms with Gasteiger partial charge in [0.25, 0.3) is 0 Å². The zero-order chi connectivity index (χ0) is 10.7. The number of imidazole rings is 1. The Morgan fingerprint density at radius 1 is 1.33 bits per heavy atom. The first-order chi connectivity index (χ1) is 7.31. The molecule has 2 rings (SSSR count). The number of hydrogen-bond acceptors (Lipinski definition) is 3. The zero-order valence-corrected chi connectivity index (χ0v) is 9.45. The number of piperidine rings is 1. The van der Waals surface area contributed by atoms with Gasteiger partial charge in [-0.15, -0.1) is 0 Å².